The van der Waals surface area contributed by atoms with Crippen molar-refractivity contribution in [3.8, 4) is 6.07 Å². The molecule has 1 aromatic rings. The van der Waals surface area contributed by atoms with Crippen LogP contribution in [0.15, 0.2) is 6.07 Å². The van der Waals surface area contributed by atoms with Gasteiger partial charge in [0.1, 0.15) is 17.5 Å². The van der Waals surface area contributed by atoms with E-state index < -0.39 is 0 Å². The molecule has 116 valence electrons. The third-order valence-electron chi connectivity index (χ3n) is 3.17. The molecule has 5 heteroatoms. The number of hydrogen-bond donors (Lipinski definition) is 1. The molecule has 0 aromatic carbocycles. The van der Waals surface area contributed by atoms with E-state index in [0.29, 0.717) is 19.0 Å². The van der Waals surface area contributed by atoms with E-state index in [4.69, 9.17) is 5.26 Å². The molecule has 0 aliphatic heterocycles. The highest BCUT2D eigenvalue weighted by molar-refractivity contribution is 5.50. The van der Waals surface area contributed by atoms with Crippen LogP contribution in [0.5, 0.6) is 0 Å². The predicted molar refractivity (Wildman–Crippen MR) is 87.5 cm³/mol. The maximum atomic E-state index is 8.83. The second-order valence-electron chi connectivity index (χ2n) is 5.40. The van der Waals surface area contributed by atoms with Gasteiger partial charge in [-0.3, -0.25) is 0 Å². The van der Waals surface area contributed by atoms with Crippen LogP contribution in [0.1, 0.15) is 52.8 Å². The van der Waals surface area contributed by atoms with Crippen LogP contribution in [0.4, 0.5) is 11.6 Å². The molecule has 5 nitrogen and oxygen atoms in total. The average Bonchev–Trinajstić information content (AvgIpc) is 2.45. The molecule has 0 radical (unpaired) electrons. The SMILES string of the molecule is CCCNc1cc(N(CCC#N)C(C)C)nc(CCC)n1. The molecular formula is C16H27N5. The van der Waals surface area contributed by atoms with Crippen molar-refractivity contribution in [1.29, 1.82) is 5.26 Å². The van der Waals surface area contributed by atoms with Crippen molar-refractivity contribution < 1.29 is 0 Å². The molecule has 1 aromatic heterocycles. The maximum absolute atomic E-state index is 8.83. The Bertz CT molecular complexity index is 464. The molecule has 0 saturated heterocycles. The second-order valence-corrected chi connectivity index (χ2v) is 5.40. The number of aromatic nitrogens is 2. The van der Waals surface area contributed by atoms with Gasteiger partial charge in [-0.15, -0.1) is 0 Å². The fourth-order valence-corrected chi connectivity index (χ4v) is 2.12. The number of nitrogens with zero attached hydrogens (tertiary/aromatic N) is 4. The highest BCUT2D eigenvalue weighted by Crippen LogP contribution is 2.19. The topological polar surface area (TPSA) is 64.8 Å². The number of nitriles is 1. The molecule has 0 bridgehead atoms. The Morgan fingerprint density at radius 1 is 1.29 bits per heavy atom. The summed E-state index contributed by atoms with van der Waals surface area (Å²) in [4.78, 5) is 11.4. The van der Waals surface area contributed by atoms with Crippen molar-refractivity contribution in [3.05, 3.63) is 11.9 Å². The molecule has 1 N–H and O–H groups in total. The van der Waals surface area contributed by atoms with Crippen LogP contribution in [-0.4, -0.2) is 29.1 Å². The minimum Gasteiger partial charge on any atom is -0.370 e. The zero-order valence-corrected chi connectivity index (χ0v) is 13.7. The van der Waals surface area contributed by atoms with Gasteiger partial charge < -0.3 is 10.2 Å². The lowest BCUT2D eigenvalue weighted by Gasteiger charge is -2.27. The van der Waals surface area contributed by atoms with Gasteiger partial charge in [-0.2, -0.15) is 5.26 Å². The van der Waals surface area contributed by atoms with Gasteiger partial charge >= 0.3 is 0 Å². The summed E-state index contributed by atoms with van der Waals surface area (Å²) >= 11 is 0. The fourth-order valence-electron chi connectivity index (χ4n) is 2.12. The zero-order valence-electron chi connectivity index (χ0n) is 13.7. The van der Waals surface area contributed by atoms with Gasteiger partial charge in [-0.05, 0) is 26.7 Å². The molecule has 21 heavy (non-hydrogen) atoms. The van der Waals surface area contributed by atoms with Crippen LogP contribution in [0.3, 0.4) is 0 Å². The summed E-state index contributed by atoms with van der Waals surface area (Å²) < 4.78 is 0. The molecule has 0 atom stereocenters. The number of aryl methyl sites for hydroxylation is 1. The van der Waals surface area contributed by atoms with Crippen LogP contribution >= 0.6 is 0 Å². The molecule has 0 unspecified atom stereocenters. The molecular weight excluding hydrogens is 262 g/mol. The Hall–Kier alpha value is -1.83. The highest BCUT2D eigenvalue weighted by atomic mass is 15.2. The van der Waals surface area contributed by atoms with Crippen LogP contribution in [0, 0.1) is 11.3 Å². The zero-order chi connectivity index (χ0) is 15.7. The summed E-state index contributed by atoms with van der Waals surface area (Å²) in [5.41, 5.74) is 0. The molecule has 1 rings (SSSR count). The van der Waals surface area contributed by atoms with Crippen molar-refractivity contribution in [1.82, 2.24) is 9.97 Å². The van der Waals surface area contributed by atoms with Gasteiger partial charge in [0.25, 0.3) is 0 Å². The first-order valence-corrected chi connectivity index (χ1v) is 7.87. The molecule has 0 aliphatic carbocycles. The summed E-state index contributed by atoms with van der Waals surface area (Å²) in [6.07, 6.45) is 3.46. The van der Waals surface area contributed by atoms with Gasteiger partial charge in [0.05, 0.1) is 12.5 Å². The van der Waals surface area contributed by atoms with Gasteiger partial charge in [0.2, 0.25) is 0 Å². The first-order valence-electron chi connectivity index (χ1n) is 7.87. The monoisotopic (exact) mass is 289 g/mol. The quantitative estimate of drug-likeness (QED) is 0.755. The molecule has 1 heterocycles. The van der Waals surface area contributed by atoms with E-state index in [9.17, 15) is 0 Å². The summed E-state index contributed by atoms with van der Waals surface area (Å²) in [5.74, 6) is 2.67. The van der Waals surface area contributed by atoms with Crippen molar-refractivity contribution >= 4 is 11.6 Å². The lowest BCUT2D eigenvalue weighted by molar-refractivity contribution is 0.671. The summed E-state index contributed by atoms with van der Waals surface area (Å²) in [6.45, 7) is 10.1. The molecule has 0 fully saturated rings. The molecule has 0 spiro atoms. The third-order valence-corrected chi connectivity index (χ3v) is 3.17. The van der Waals surface area contributed by atoms with E-state index in [0.717, 1.165) is 43.3 Å². The van der Waals surface area contributed by atoms with E-state index in [1.165, 1.54) is 0 Å². The van der Waals surface area contributed by atoms with Gasteiger partial charge in [-0.25, -0.2) is 9.97 Å². The second kappa shape index (κ2) is 9.17. The van der Waals surface area contributed by atoms with E-state index in [-0.39, 0.29) is 0 Å². The van der Waals surface area contributed by atoms with Gasteiger partial charge in [0, 0.05) is 31.6 Å². The smallest absolute Gasteiger partial charge is 0.134 e. The largest absolute Gasteiger partial charge is 0.370 e. The van der Waals surface area contributed by atoms with Crippen molar-refractivity contribution in [2.24, 2.45) is 0 Å². The van der Waals surface area contributed by atoms with Crippen LogP contribution in [0.25, 0.3) is 0 Å². The van der Waals surface area contributed by atoms with Gasteiger partial charge in [0.15, 0.2) is 0 Å². The Morgan fingerprint density at radius 2 is 2.05 bits per heavy atom. The van der Waals surface area contributed by atoms with Crippen molar-refractivity contribution in [2.45, 2.75) is 59.4 Å². The fraction of sp³-hybridized carbons (Fsp3) is 0.688. The molecule has 0 amide bonds. The Morgan fingerprint density at radius 3 is 2.62 bits per heavy atom. The Labute approximate surface area is 128 Å². The number of nitrogens with one attached hydrogen (secondary N) is 1. The number of hydrogen-bond acceptors (Lipinski definition) is 5. The van der Waals surface area contributed by atoms with E-state index in [1.807, 2.05) is 6.07 Å². The lowest BCUT2D eigenvalue weighted by Crippen LogP contribution is -2.32. The normalized spacial score (nSPS) is 10.5. The standard InChI is InChI=1S/C16H27N5/c1-5-8-14-19-15(18-10-6-2)12-16(20-14)21(13(3)4)11-7-9-17/h12-13H,5-8,10-11H2,1-4H3,(H,18,19,20). The number of rotatable bonds is 9. The van der Waals surface area contributed by atoms with E-state index in [1.54, 1.807) is 0 Å². The van der Waals surface area contributed by atoms with E-state index in [2.05, 4.69) is 53.9 Å². The number of anilines is 2. The van der Waals surface area contributed by atoms with Crippen LogP contribution in [-0.2, 0) is 6.42 Å². The van der Waals surface area contributed by atoms with Crippen molar-refractivity contribution in [2.75, 3.05) is 23.3 Å². The Kier molecular flexibility index (Phi) is 7.52. The predicted octanol–water partition coefficient (Wildman–Crippen LogP) is 3.38. The first kappa shape index (κ1) is 17.2. The maximum Gasteiger partial charge on any atom is 0.134 e. The lowest BCUT2D eigenvalue weighted by atomic mass is 10.2. The van der Waals surface area contributed by atoms with Gasteiger partial charge in [-0.1, -0.05) is 13.8 Å². The van der Waals surface area contributed by atoms with E-state index >= 15 is 0 Å². The highest BCUT2D eigenvalue weighted by Gasteiger charge is 2.14. The summed E-state index contributed by atoms with van der Waals surface area (Å²) in [6, 6.07) is 4.51. The van der Waals surface area contributed by atoms with Crippen LogP contribution in [0.2, 0.25) is 0 Å². The van der Waals surface area contributed by atoms with Crippen molar-refractivity contribution in [3.63, 3.8) is 0 Å². The first-order chi connectivity index (χ1) is 10.1. The minimum absolute atomic E-state index is 0.307. The third kappa shape index (κ3) is 5.58. The minimum atomic E-state index is 0.307. The molecule has 0 saturated carbocycles. The average molecular weight is 289 g/mol. The summed E-state index contributed by atoms with van der Waals surface area (Å²) in [5, 5.41) is 12.2. The Balaban J connectivity index is 3.05. The van der Waals surface area contributed by atoms with Crippen LogP contribution < -0.4 is 10.2 Å². The summed E-state index contributed by atoms with van der Waals surface area (Å²) in [7, 11) is 0. The molecule has 0 aliphatic rings.